The summed E-state index contributed by atoms with van der Waals surface area (Å²) in [5.41, 5.74) is -1.78. The van der Waals surface area contributed by atoms with Crippen molar-refractivity contribution in [2.75, 3.05) is 20.3 Å². The van der Waals surface area contributed by atoms with Gasteiger partial charge in [-0.25, -0.2) is 9.59 Å². The van der Waals surface area contributed by atoms with Gasteiger partial charge in [-0.2, -0.15) is 5.10 Å². The van der Waals surface area contributed by atoms with Crippen LogP contribution in [0.4, 0.5) is 11.4 Å². The molecule has 39 heavy (non-hydrogen) atoms. The van der Waals surface area contributed by atoms with E-state index in [0.717, 1.165) is 11.5 Å². The average Bonchev–Trinajstić information content (AvgIpc) is 3.31. The lowest BCUT2D eigenvalue weighted by atomic mass is 10.1. The van der Waals surface area contributed by atoms with Crippen molar-refractivity contribution in [3.8, 4) is 5.75 Å². The Morgan fingerprint density at radius 2 is 1.54 bits per heavy atom. The molecule has 0 fully saturated rings. The number of nitro benzene ring substituents is 2. The topological polar surface area (TPSA) is 192 Å². The smallest absolute Gasteiger partial charge is 0.362 e. The first kappa shape index (κ1) is 30.1. The molecule has 15 nitrogen and oxygen atoms in total. The maximum Gasteiger partial charge on any atom is 0.362 e. The van der Waals surface area contributed by atoms with Gasteiger partial charge < -0.3 is 18.9 Å². The van der Waals surface area contributed by atoms with Gasteiger partial charge in [-0.15, -0.1) is 0 Å². The Hall–Kier alpha value is -5.08. The molecule has 3 aromatic rings. The highest BCUT2D eigenvalue weighted by molar-refractivity contribution is 6.03. The molecular formula is C24H26N4O11. The van der Waals surface area contributed by atoms with Crippen LogP contribution in [0, 0.1) is 20.2 Å². The molecule has 0 bridgehead atoms. The molecule has 208 valence electrons. The lowest BCUT2D eigenvalue weighted by Crippen LogP contribution is -2.51. The van der Waals surface area contributed by atoms with Gasteiger partial charge in [-0.05, 0) is 32.9 Å². The number of carbonyl (C=O) groups is 3. The zero-order valence-corrected chi connectivity index (χ0v) is 21.5. The van der Waals surface area contributed by atoms with E-state index in [4.69, 9.17) is 14.2 Å². The van der Waals surface area contributed by atoms with E-state index < -0.39 is 33.4 Å². The van der Waals surface area contributed by atoms with Crippen LogP contribution in [-0.2, 0) is 35.1 Å². The molecule has 0 spiro atoms. The van der Waals surface area contributed by atoms with Gasteiger partial charge in [0.15, 0.2) is 0 Å². The molecule has 2 aromatic carbocycles. The van der Waals surface area contributed by atoms with Crippen LogP contribution >= 0.6 is 0 Å². The summed E-state index contributed by atoms with van der Waals surface area (Å²) in [4.78, 5) is 55.5. The summed E-state index contributed by atoms with van der Waals surface area (Å²) in [7, 11) is 1.27. The van der Waals surface area contributed by atoms with Crippen molar-refractivity contribution in [1.29, 1.82) is 0 Å². The summed E-state index contributed by atoms with van der Waals surface area (Å²) in [6.07, 6.45) is 1.54. The largest absolute Gasteiger partial charge is 0.468 e. The van der Waals surface area contributed by atoms with Gasteiger partial charge in [0.2, 0.25) is 0 Å². The molecule has 0 saturated carbocycles. The van der Waals surface area contributed by atoms with Crippen LogP contribution in [0.5, 0.6) is 5.75 Å². The first-order valence-electron chi connectivity index (χ1n) is 11.4. The number of methoxy groups -OCH3 is 1. The molecule has 0 radical (unpaired) electrons. The monoisotopic (exact) mass is 546 g/mol. The maximum atomic E-state index is 12.0. The third-order valence-corrected chi connectivity index (χ3v) is 5.03. The second-order valence-corrected chi connectivity index (χ2v) is 7.71. The van der Waals surface area contributed by atoms with Gasteiger partial charge >= 0.3 is 17.9 Å². The first-order valence-corrected chi connectivity index (χ1v) is 11.4. The van der Waals surface area contributed by atoms with Crippen molar-refractivity contribution in [2.24, 2.45) is 0 Å². The third-order valence-electron chi connectivity index (χ3n) is 5.03. The Balaban J connectivity index is 0.000000282. The lowest BCUT2D eigenvalue weighted by Gasteiger charge is -2.25. The molecule has 0 aliphatic heterocycles. The van der Waals surface area contributed by atoms with Crippen molar-refractivity contribution in [3.63, 3.8) is 0 Å². The van der Waals surface area contributed by atoms with Crippen molar-refractivity contribution in [1.82, 2.24) is 9.78 Å². The summed E-state index contributed by atoms with van der Waals surface area (Å²) < 4.78 is 20.9. The fourth-order valence-corrected chi connectivity index (χ4v) is 3.09. The average molecular weight is 546 g/mol. The standard InChI is InChI=1S/C14H17NO7.C10H9N3O4/c1-4-20-12(16)14(3,13(17)21-5-2)22-11-8-6-7-10(9-11)15(18)19;1-17-10(14)6-12-9-4-8(13(15)16)3-2-7(9)5-11-12/h6-9H,4-5H2,1-3H3;2-5H,6H2,1H3. The van der Waals surface area contributed by atoms with Gasteiger partial charge in [0.1, 0.15) is 12.3 Å². The number of hydrogen-bond donors (Lipinski definition) is 0. The minimum atomic E-state index is -2.04. The van der Waals surface area contributed by atoms with Gasteiger partial charge in [-0.3, -0.25) is 29.7 Å². The molecule has 0 aliphatic carbocycles. The van der Waals surface area contributed by atoms with E-state index in [2.05, 4.69) is 9.84 Å². The Labute approximate surface area is 221 Å². The van der Waals surface area contributed by atoms with Gasteiger partial charge in [-0.1, -0.05) is 6.07 Å². The maximum absolute atomic E-state index is 12.0. The molecule has 3 rings (SSSR count). The summed E-state index contributed by atoms with van der Waals surface area (Å²) >= 11 is 0. The second kappa shape index (κ2) is 13.5. The lowest BCUT2D eigenvalue weighted by molar-refractivity contribution is -0.385. The number of fused-ring (bicyclic) bond motifs is 1. The van der Waals surface area contributed by atoms with Gasteiger partial charge in [0.25, 0.3) is 17.0 Å². The predicted molar refractivity (Wildman–Crippen MR) is 134 cm³/mol. The van der Waals surface area contributed by atoms with Crippen molar-refractivity contribution < 1.29 is 43.2 Å². The number of nitro groups is 2. The van der Waals surface area contributed by atoms with E-state index in [9.17, 15) is 34.6 Å². The Morgan fingerprint density at radius 1 is 0.949 bits per heavy atom. The van der Waals surface area contributed by atoms with Crippen LogP contribution in [0.2, 0.25) is 0 Å². The number of rotatable bonds is 10. The number of carbonyl (C=O) groups excluding carboxylic acids is 3. The number of nitrogens with zero attached hydrogens (tertiary/aromatic N) is 4. The molecule has 0 aliphatic rings. The SMILES string of the molecule is CCOC(=O)C(C)(Oc1cccc([N+](=O)[O-])c1)C(=O)OCC.COC(=O)Cn1ncc2ccc([N+](=O)[O-])cc21. The van der Waals surface area contributed by atoms with E-state index in [1.807, 2.05) is 0 Å². The summed E-state index contributed by atoms with van der Waals surface area (Å²) in [6.45, 7) is 4.38. The molecular weight excluding hydrogens is 520 g/mol. The van der Waals surface area contributed by atoms with Crippen molar-refractivity contribution in [2.45, 2.75) is 32.9 Å². The molecule has 0 unspecified atom stereocenters. The van der Waals surface area contributed by atoms with Crippen LogP contribution in [0.15, 0.2) is 48.7 Å². The Bertz CT molecular complexity index is 1350. The van der Waals surface area contributed by atoms with Crippen molar-refractivity contribution in [3.05, 3.63) is 68.9 Å². The molecule has 0 amide bonds. The zero-order valence-electron chi connectivity index (χ0n) is 21.5. The quantitative estimate of drug-likeness (QED) is 0.119. The Morgan fingerprint density at radius 3 is 2.08 bits per heavy atom. The number of hydrogen-bond acceptors (Lipinski definition) is 12. The van der Waals surface area contributed by atoms with E-state index in [1.165, 1.54) is 49.0 Å². The molecule has 0 saturated heterocycles. The Kier molecular flexibility index (Phi) is 10.4. The number of benzene rings is 2. The molecule has 1 aromatic heterocycles. The normalized spacial score (nSPS) is 10.6. The highest BCUT2D eigenvalue weighted by Gasteiger charge is 2.47. The number of aromatic nitrogens is 2. The van der Waals surface area contributed by atoms with Crippen molar-refractivity contribution >= 4 is 40.2 Å². The van der Waals surface area contributed by atoms with Gasteiger partial charge in [0, 0.05) is 23.6 Å². The molecule has 0 atom stereocenters. The number of esters is 3. The van der Waals surface area contributed by atoms with E-state index >= 15 is 0 Å². The van der Waals surface area contributed by atoms with Crippen LogP contribution in [-0.4, -0.2) is 63.5 Å². The number of ether oxygens (including phenoxy) is 4. The zero-order chi connectivity index (χ0) is 29.2. The molecule has 15 heteroatoms. The van der Waals surface area contributed by atoms with Crippen LogP contribution in [0.3, 0.4) is 0 Å². The predicted octanol–water partition coefficient (Wildman–Crippen LogP) is 2.98. The summed E-state index contributed by atoms with van der Waals surface area (Å²) in [5.74, 6) is -2.33. The highest BCUT2D eigenvalue weighted by Crippen LogP contribution is 2.25. The fraction of sp³-hybridized carbons (Fsp3) is 0.333. The minimum Gasteiger partial charge on any atom is -0.468 e. The van der Waals surface area contributed by atoms with E-state index in [0.29, 0.717) is 5.52 Å². The van der Waals surface area contributed by atoms with Crippen LogP contribution in [0.1, 0.15) is 20.8 Å². The number of non-ortho nitro benzene ring substituents is 2. The minimum absolute atomic E-state index is 0.0159. The van der Waals surface area contributed by atoms with Crippen LogP contribution < -0.4 is 4.74 Å². The first-order chi connectivity index (χ1) is 18.5. The second-order valence-electron chi connectivity index (χ2n) is 7.71. The van der Waals surface area contributed by atoms with E-state index in [-0.39, 0.29) is 36.9 Å². The van der Waals surface area contributed by atoms with E-state index in [1.54, 1.807) is 26.1 Å². The van der Waals surface area contributed by atoms with Gasteiger partial charge in [0.05, 0.1) is 48.0 Å². The third kappa shape index (κ3) is 7.70. The van der Waals surface area contributed by atoms with Crippen LogP contribution in [0.25, 0.3) is 10.9 Å². The fourth-order valence-electron chi connectivity index (χ4n) is 3.09. The molecule has 0 N–H and O–H groups in total. The summed E-state index contributed by atoms with van der Waals surface area (Å²) in [6, 6.07) is 9.51. The summed E-state index contributed by atoms with van der Waals surface area (Å²) in [5, 5.41) is 26.1. The molecule has 1 heterocycles. The highest BCUT2D eigenvalue weighted by atomic mass is 16.6.